The molecule has 0 radical (unpaired) electrons. The summed E-state index contributed by atoms with van der Waals surface area (Å²) >= 11 is 0. The maximum absolute atomic E-state index is 13.5. The van der Waals surface area contributed by atoms with Crippen molar-refractivity contribution in [2.24, 2.45) is 0 Å². The Morgan fingerprint density at radius 2 is 1.73 bits per heavy atom. The minimum Gasteiger partial charge on any atom is -0.490 e. The number of carbonyl (C=O) groups is 2. The molecule has 1 aliphatic heterocycles. The first-order valence-electron chi connectivity index (χ1n) is 7.85. The maximum atomic E-state index is 13.5. The van der Waals surface area contributed by atoms with Crippen LogP contribution in [0.4, 0.5) is 14.5 Å². The van der Waals surface area contributed by atoms with Crippen LogP contribution in [0.3, 0.4) is 0 Å². The lowest BCUT2D eigenvalue weighted by Crippen LogP contribution is -2.22. The molecule has 0 unspecified atom stereocenters. The molecule has 0 aromatic heterocycles. The molecule has 0 atom stereocenters. The number of esters is 1. The Morgan fingerprint density at radius 1 is 1.04 bits per heavy atom. The van der Waals surface area contributed by atoms with Crippen LogP contribution in [0, 0.1) is 11.6 Å². The van der Waals surface area contributed by atoms with Gasteiger partial charge in [-0.3, -0.25) is 4.79 Å². The molecule has 0 fully saturated rings. The average Bonchev–Trinajstić information content (AvgIpc) is 2.85. The topological polar surface area (TPSA) is 73.9 Å². The Morgan fingerprint density at radius 3 is 2.46 bits per heavy atom. The molecule has 0 saturated carbocycles. The van der Waals surface area contributed by atoms with Gasteiger partial charge < -0.3 is 19.5 Å². The molecule has 3 rings (SSSR count). The van der Waals surface area contributed by atoms with Gasteiger partial charge in [-0.2, -0.15) is 0 Å². The van der Waals surface area contributed by atoms with Gasteiger partial charge in [0.05, 0.1) is 13.2 Å². The third-order valence-corrected chi connectivity index (χ3v) is 3.53. The number of rotatable bonds is 4. The van der Waals surface area contributed by atoms with Gasteiger partial charge in [-0.05, 0) is 24.3 Å². The molecule has 136 valence electrons. The number of halogens is 2. The molecule has 2 aromatic carbocycles. The first-order valence-corrected chi connectivity index (χ1v) is 7.85. The molecule has 0 aliphatic carbocycles. The fraction of sp³-hybridized carbons (Fsp3) is 0.222. The van der Waals surface area contributed by atoms with E-state index in [0.29, 0.717) is 30.4 Å². The number of anilines is 1. The number of hydrogen-bond donors (Lipinski definition) is 1. The van der Waals surface area contributed by atoms with Crippen LogP contribution in [0.15, 0.2) is 36.4 Å². The second kappa shape index (κ2) is 7.81. The van der Waals surface area contributed by atoms with Crippen molar-refractivity contribution in [2.45, 2.75) is 6.42 Å². The molecule has 0 bridgehead atoms. The summed E-state index contributed by atoms with van der Waals surface area (Å²) in [7, 11) is 0. The number of benzene rings is 2. The van der Waals surface area contributed by atoms with Crippen LogP contribution in [0.2, 0.25) is 0 Å². The first kappa shape index (κ1) is 17.7. The van der Waals surface area contributed by atoms with Gasteiger partial charge in [0.15, 0.2) is 18.1 Å². The van der Waals surface area contributed by atoms with Gasteiger partial charge in [-0.15, -0.1) is 0 Å². The van der Waals surface area contributed by atoms with E-state index in [9.17, 15) is 18.4 Å². The molecule has 1 N–H and O–H groups in total. The summed E-state index contributed by atoms with van der Waals surface area (Å²) in [6.07, 6.45) is 0.749. The van der Waals surface area contributed by atoms with E-state index in [-0.39, 0.29) is 0 Å². The SMILES string of the molecule is O=C(COC(=O)c1c(F)cccc1F)Nc1ccc2c(c1)OCCCO2. The van der Waals surface area contributed by atoms with E-state index < -0.39 is 35.7 Å². The van der Waals surface area contributed by atoms with E-state index in [4.69, 9.17) is 9.47 Å². The van der Waals surface area contributed by atoms with Crippen molar-refractivity contribution in [1.82, 2.24) is 0 Å². The molecule has 1 heterocycles. The second-order valence-corrected chi connectivity index (χ2v) is 5.43. The molecular weight excluding hydrogens is 348 g/mol. The number of carbonyl (C=O) groups excluding carboxylic acids is 2. The third kappa shape index (κ3) is 4.08. The summed E-state index contributed by atoms with van der Waals surface area (Å²) in [6, 6.07) is 7.81. The largest absolute Gasteiger partial charge is 0.490 e. The summed E-state index contributed by atoms with van der Waals surface area (Å²) < 4.78 is 42.7. The van der Waals surface area contributed by atoms with Gasteiger partial charge in [-0.25, -0.2) is 13.6 Å². The van der Waals surface area contributed by atoms with Crippen LogP contribution >= 0.6 is 0 Å². The fourth-order valence-corrected chi connectivity index (χ4v) is 2.33. The maximum Gasteiger partial charge on any atom is 0.344 e. The number of fused-ring (bicyclic) bond motifs is 1. The van der Waals surface area contributed by atoms with E-state index in [0.717, 1.165) is 24.6 Å². The van der Waals surface area contributed by atoms with Gasteiger partial charge in [-0.1, -0.05) is 6.07 Å². The summed E-state index contributed by atoms with van der Waals surface area (Å²) in [4.78, 5) is 23.7. The Labute approximate surface area is 147 Å². The Balaban J connectivity index is 1.59. The smallest absolute Gasteiger partial charge is 0.344 e. The first-order chi connectivity index (χ1) is 12.5. The minimum absolute atomic E-state index is 0.410. The summed E-state index contributed by atoms with van der Waals surface area (Å²) in [5, 5.41) is 2.51. The molecule has 0 saturated heterocycles. The minimum atomic E-state index is -1.26. The fourth-order valence-electron chi connectivity index (χ4n) is 2.33. The molecule has 2 aromatic rings. The quantitative estimate of drug-likeness (QED) is 0.846. The predicted molar refractivity (Wildman–Crippen MR) is 87.3 cm³/mol. The zero-order valence-electron chi connectivity index (χ0n) is 13.6. The second-order valence-electron chi connectivity index (χ2n) is 5.43. The monoisotopic (exact) mass is 363 g/mol. The van der Waals surface area contributed by atoms with Crippen LogP contribution < -0.4 is 14.8 Å². The number of hydrogen-bond acceptors (Lipinski definition) is 5. The number of ether oxygens (including phenoxy) is 3. The van der Waals surface area contributed by atoms with Crippen molar-refractivity contribution in [3.05, 3.63) is 53.6 Å². The van der Waals surface area contributed by atoms with Gasteiger partial charge >= 0.3 is 5.97 Å². The van der Waals surface area contributed by atoms with E-state index in [1.807, 2.05) is 0 Å². The van der Waals surface area contributed by atoms with Gasteiger partial charge in [0.2, 0.25) is 0 Å². The average molecular weight is 363 g/mol. The number of nitrogens with one attached hydrogen (secondary N) is 1. The van der Waals surface area contributed by atoms with Crippen LogP contribution in [0.1, 0.15) is 16.8 Å². The Bertz CT molecular complexity index is 820. The highest BCUT2D eigenvalue weighted by atomic mass is 19.1. The van der Waals surface area contributed by atoms with Crippen molar-refractivity contribution in [2.75, 3.05) is 25.1 Å². The van der Waals surface area contributed by atoms with Crippen molar-refractivity contribution in [3.63, 3.8) is 0 Å². The third-order valence-electron chi connectivity index (χ3n) is 3.53. The highest BCUT2D eigenvalue weighted by Crippen LogP contribution is 2.32. The molecule has 8 heteroatoms. The van der Waals surface area contributed by atoms with Crippen molar-refractivity contribution >= 4 is 17.6 Å². The van der Waals surface area contributed by atoms with Crippen LogP contribution in [-0.4, -0.2) is 31.7 Å². The molecular formula is C18H15F2NO5. The van der Waals surface area contributed by atoms with Crippen molar-refractivity contribution in [3.8, 4) is 11.5 Å². The standard InChI is InChI=1S/C18H15F2NO5/c19-12-3-1-4-13(20)17(12)18(23)26-10-16(22)21-11-5-6-14-15(9-11)25-8-2-7-24-14/h1,3-6,9H,2,7-8,10H2,(H,21,22). The highest BCUT2D eigenvalue weighted by molar-refractivity contribution is 5.95. The van der Waals surface area contributed by atoms with E-state index >= 15 is 0 Å². The lowest BCUT2D eigenvalue weighted by Gasteiger charge is -2.11. The lowest BCUT2D eigenvalue weighted by atomic mass is 10.2. The van der Waals surface area contributed by atoms with Gasteiger partial charge in [0.1, 0.15) is 17.2 Å². The van der Waals surface area contributed by atoms with E-state index in [2.05, 4.69) is 10.1 Å². The highest BCUT2D eigenvalue weighted by Gasteiger charge is 2.20. The molecule has 1 amide bonds. The van der Waals surface area contributed by atoms with E-state index in [1.54, 1.807) is 18.2 Å². The normalized spacial score (nSPS) is 12.8. The molecule has 6 nitrogen and oxygen atoms in total. The zero-order chi connectivity index (χ0) is 18.5. The molecule has 0 spiro atoms. The zero-order valence-corrected chi connectivity index (χ0v) is 13.6. The van der Waals surface area contributed by atoms with Gasteiger partial charge in [0.25, 0.3) is 5.91 Å². The summed E-state index contributed by atoms with van der Waals surface area (Å²) in [5.74, 6) is -2.97. The summed E-state index contributed by atoms with van der Waals surface area (Å²) in [6.45, 7) is 0.346. The van der Waals surface area contributed by atoms with Gasteiger partial charge in [0, 0.05) is 18.2 Å². The molecule has 26 heavy (non-hydrogen) atoms. The van der Waals surface area contributed by atoms with Crippen LogP contribution in [0.5, 0.6) is 11.5 Å². The van der Waals surface area contributed by atoms with E-state index in [1.165, 1.54) is 0 Å². The Hall–Kier alpha value is -3.16. The van der Waals surface area contributed by atoms with Crippen LogP contribution in [-0.2, 0) is 9.53 Å². The van der Waals surface area contributed by atoms with Crippen LogP contribution in [0.25, 0.3) is 0 Å². The lowest BCUT2D eigenvalue weighted by molar-refractivity contribution is -0.119. The predicted octanol–water partition coefficient (Wildman–Crippen LogP) is 2.92. The number of amides is 1. The summed E-state index contributed by atoms with van der Waals surface area (Å²) in [5.41, 5.74) is -0.428. The molecule has 1 aliphatic rings. The van der Waals surface area contributed by atoms with Crippen molar-refractivity contribution < 1.29 is 32.6 Å². The van der Waals surface area contributed by atoms with Crippen molar-refractivity contribution in [1.29, 1.82) is 0 Å². The Kier molecular flexibility index (Phi) is 5.31.